The summed E-state index contributed by atoms with van der Waals surface area (Å²) in [5.74, 6) is 0.790. The number of hydrogen-bond acceptors (Lipinski definition) is 2. The van der Waals surface area contributed by atoms with Crippen LogP contribution in [0.1, 0.15) is 32.1 Å². The van der Waals surface area contributed by atoms with Crippen LogP contribution in [0.5, 0.6) is 5.75 Å². The molecule has 0 bridgehead atoms. The fraction of sp³-hybridized carbons (Fsp3) is 0.500. The molecule has 0 aromatic heterocycles. The average molecular weight is 192 g/mol. The van der Waals surface area contributed by atoms with E-state index in [1.165, 1.54) is 19.3 Å². The summed E-state index contributed by atoms with van der Waals surface area (Å²) in [6.07, 6.45) is 6.43. The Morgan fingerprint density at radius 2 is 1.64 bits per heavy atom. The van der Waals surface area contributed by atoms with Crippen LogP contribution < -0.4 is 4.89 Å². The third-order valence-corrected chi connectivity index (χ3v) is 2.58. The van der Waals surface area contributed by atoms with E-state index in [-0.39, 0.29) is 0 Å². The Balaban J connectivity index is 1.76. The largest absolute Gasteiger partial charge is 0.337 e. The van der Waals surface area contributed by atoms with Gasteiger partial charge in [0, 0.05) is 0 Å². The fourth-order valence-electron chi connectivity index (χ4n) is 1.76. The van der Waals surface area contributed by atoms with Crippen LogP contribution in [0.2, 0.25) is 0 Å². The van der Waals surface area contributed by atoms with E-state index >= 15 is 0 Å². The lowest BCUT2D eigenvalue weighted by atomic mass is 9.98. The Kier molecular flexibility index (Phi) is 3.41. The Hall–Kier alpha value is -1.02. The maximum Gasteiger partial charge on any atom is 0.165 e. The zero-order chi connectivity index (χ0) is 9.64. The molecule has 0 spiro atoms. The summed E-state index contributed by atoms with van der Waals surface area (Å²) >= 11 is 0. The molecule has 76 valence electrons. The van der Waals surface area contributed by atoms with Gasteiger partial charge in [-0.3, -0.25) is 0 Å². The van der Waals surface area contributed by atoms with Crippen LogP contribution in [0.25, 0.3) is 0 Å². The van der Waals surface area contributed by atoms with Crippen molar-refractivity contribution in [3.8, 4) is 5.75 Å². The van der Waals surface area contributed by atoms with Crippen molar-refractivity contribution in [1.82, 2.24) is 0 Å². The highest BCUT2D eigenvalue weighted by atomic mass is 17.2. The van der Waals surface area contributed by atoms with Crippen LogP contribution in [0, 0.1) is 0 Å². The van der Waals surface area contributed by atoms with Gasteiger partial charge in [-0.2, -0.15) is 4.89 Å². The van der Waals surface area contributed by atoms with E-state index in [1.807, 2.05) is 30.3 Å². The second-order valence-electron chi connectivity index (χ2n) is 3.75. The molecular formula is C12H16O2. The molecule has 1 aromatic rings. The summed E-state index contributed by atoms with van der Waals surface area (Å²) in [4.78, 5) is 10.6. The normalized spacial score (nSPS) is 18.0. The van der Waals surface area contributed by atoms with Crippen molar-refractivity contribution in [3.05, 3.63) is 30.3 Å². The molecule has 0 radical (unpaired) electrons. The van der Waals surface area contributed by atoms with Gasteiger partial charge in [-0.1, -0.05) is 37.5 Å². The first-order chi connectivity index (χ1) is 6.95. The first kappa shape index (κ1) is 9.53. The SMILES string of the molecule is c1ccc(OOC2CCCCC2)cc1. The molecule has 2 rings (SSSR count). The van der Waals surface area contributed by atoms with Crippen LogP contribution >= 0.6 is 0 Å². The van der Waals surface area contributed by atoms with Gasteiger partial charge in [-0.25, -0.2) is 0 Å². The monoisotopic (exact) mass is 192 g/mol. The Morgan fingerprint density at radius 1 is 0.929 bits per heavy atom. The Morgan fingerprint density at radius 3 is 2.36 bits per heavy atom. The van der Waals surface area contributed by atoms with Gasteiger partial charge in [0.25, 0.3) is 0 Å². The zero-order valence-electron chi connectivity index (χ0n) is 8.32. The third kappa shape index (κ3) is 2.74. The molecule has 0 saturated heterocycles. The molecule has 1 aromatic carbocycles. The van der Waals surface area contributed by atoms with Crippen molar-refractivity contribution in [1.29, 1.82) is 0 Å². The average Bonchev–Trinajstić information content (AvgIpc) is 2.29. The summed E-state index contributed by atoms with van der Waals surface area (Å²) in [7, 11) is 0. The Bertz CT molecular complexity index is 252. The van der Waals surface area contributed by atoms with Crippen LogP contribution in [-0.2, 0) is 4.89 Å². The van der Waals surface area contributed by atoms with E-state index in [4.69, 9.17) is 9.78 Å². The summed E-state index contributed by atoms with van der Waals surface area (Å²) in [5.41, 5.74) is 0. The summed E-state index contributed by atoms with van der Waals surface area (Å²) in [5, 5.41) is 0. The summed E-state index contributed by atoms with van der Waals surface area (Å²) in [6.45, 7) is 0. The van der Waals surface area contributed by atoms with Crippen LogP contribution in [0.4, 0.5) is 0 Å². The quantitative estimate of drug-likeness (QED) is 0.540. The predicted octanol–water partition coefficient (Wildman–Crippen LogP) is 3.33. The minimum absolute atomic E-state index is 0.295. The number of rotatable bonds is 3. The van der Waals surface area contributed by atoms with E-state index in [0.29, 0.717) is 6.10 Å². The molecule has 2 heteroatoms. The molecule has 0 N–H and O–H groups in total. The van der Waals surface area contributed by atoms with Crippen molar-refractivity contribution in [2.24, 2.45) is 0 Å². The van der Waals surface area contributed by atoms with Crippen LogP contribution in [0.15, 0.2) is 30.3 Å². The van der Waals surface area contributed by atoms with E-state index in [1.54, 1.807) is 0 Å². The molecule has 0 heterocycles. The lowest BCUT2D eigenvalue weighted by Gasteiger charge is -2.20. The number of para-hydroxylation sites is 1. The molecule has 0 atom stereocenters. The minimum atomic E-state index is 0.295. The summed E-state index contributed by atoms with van der Waals surface area (Å²) < 4.78 is 0. The van der Waals surface area contributed by atoms with Gasteiger partial charge >= 0.3 is 0 Å². The lowest BCUT2D eigenvalue weighted by molar-refractivity contribution is -0.250. The van der Waals surface area contributed by atoms with Crippen LogP contribution in [-0.4, -0.2) is 6.10 Å². The van der Waals surface area contributed by atoms with Crippen molar-refractivity contribution < 1.29 is 9.78 Å². The highest BCUT2D eigenvalue weighted by Gasteiger charge is 2.15. The molecule has 14 heavy (non-hydrogen) atoms. The van der Waals surface area contributed by atoms with E-state index in [9.17, 15) is 0 Å². The van der Waals surface area contributed by atoms with Gasteiger partial charge < -0.3 is 4.89 Å². The van der Waals surface area contributed by atoms with Gasteiger partial charge in [0.1, 0.15) is 6.10 Å². The molecule has 0 aliphatic heterocycles. The van der Waals surface area contributed by atoms with Crippen LogP contribution in [0.3, 0.4) is 0 Å². The first-order valence-corrected chi connectivity index (χ1v) is 5.33. The molecule has 1 aliphatic carbocycles. The van der Waals surface area contributed by atoms with Crippen molar-refractivity contribution >= 4 is 0 Å². The van der Waals surface area contributed by atoms with E-state index in [0.717, 1.165) is 18.6 Å². The van der Waals surface area contributed by atoms with Crippen molar-refractivity contribution in [2.45, 2.75) is 38.2 Å². The topological polar surface area (TPSA) is 18.5 Å². The highest BCUT2D eigenvalue weighted by molar-refractivity contribution is 5.20. The molecular weight excluding hydrogens is 176 g/mol. The van der Waals surface area contributed by atoms with Gasteiger partial charge in [0.2, 0.25) is 0 Å². The standard InChI is InChI=1S/C12H16O2/c1-3-7-11(8-4-1)13-14-12-9-5-2-6-10-12/h1,3-4,7-8,12H,2,5-6,9-10H2. The maximum absolute atomic E-state index is 5.37. The first-order valence-electron chi connectivity index (χ1n) is 5.33. The van der Waals surface area contributed by atoms with Gasteiger partial charge in [0.05, 0.1) is 0 Å². The maximum atomic E-state index is 5.37. The molecule has 1 fully saturated rings. The second-order valence-corrected chi connectivity index (χ2v) is 3.75. The molecule has 1 aliphatic rings. The minimum Gasteiger partial charge on any atom is -0.337 e. The molecule has 0 amide bonds. The predicted molar refractivity (Wildman–Crippen MR) is 55.0 cm³/mol. The van der Waals surface area contributed by atoms with Gasteiger partial charge in [-0.05, 0) is 25.0 Å². The number of benzene rings is 1. The smallest absolute Gasteiger partial charge is 0.165 e. The summed E-state index contributed by atoms with van der Waals surface area (Å²) in [6, 6.07) is 9.66. The van der Waals surface area contributed by atoms with Gasteiger partial charge in [0.15, 0.2) is 5.75 Å². The fourth-order valence-corrected chi connectivity index (χ4v) is 1.76. The second kappa shape index (κ2) is 5.01. The van der Waals surface area contributed by atoms with E-state index in [2.05, 4.69) is 0 Å². The molecule has 2 nitrogen and oxygen atoms in total. The van der Waals surface area contributed by atoms with Gasteiger partial charge in [-0.15, -0.1) is 0 Å². The third-order valence-electron chi connectivity index (χ3n) is 2.58. The zero-order valence-corrected chi connectivity index (χ0v) is 8.32. The highest BCUT2D eigenvalue weighted by Crippen LogP contribution is 2.21. The lowest BCUT2D eigenvalue weighted by Crippen LogP contribution is -2.18. The Labute approximate surface area is 84.8 Å². The molecule has 0 unspecified atom stereocenters. The number of hydrogen-bond donors (Lipinski definition) is 0. The van der Waals surface area contributed by atoms with E-state index < -0.39 is 0 Å². The molecule has 1 saturated carbocycles. The van der Waals surface area contributed by atoms with Crippen molar-refractivity contribution in [2.75, 3.05) is 0 Å². The van der Waals surface area contributed by atoms with Crippen molar-refractivity contribution in [3.63, 3.8) is 0 Å².